The minimum absolute atomic E-state index is 0.0115. The normalized spacial score (nSPS) is 12.6. The van der Waals surface area contributed by atoms with Gasteiger partial charge < -0.3 is 5.11 Å². The summed E-state index contributed by atoms with van der Waals surface area (Å²) in [6, 6.07) is -0.417. The van der Waals surface area contributed by atoms with Gasteiger partial charge in [0.1, 0.15) is 6.04 Å². The number of aliphatic hydroxyl groups excluding tert-OH is 1. The number of rotatable bonds is 4. The highest BCUT2D eigenvalue weighted by Crippen LogP contribution is 1.95. The lowest BCUT2D eigenvalue weighted by atomic mass is 10.2. The van der Waals surface area contributed by atoms with E-state index in [0.717, 1.165) is 0 Å². The number of nitroso groups, excluding NO2 is 1. The van der Waals surface area contributed by atoms with Gasteiger partial charge in [0.2, 0.25) is 0 Å². The van der Waals surface area contributed by atoms with Crippen LogP contribution in [0.3, 0.4) is 0 Å². The Morgan fingerprint density at radius 2 is 2.50 bits per heavy atom. The van der Waals surface area contributed by atoms with E-state index in [0.29, 0.717) is 6.42 Å². The van der Waals surface area contributed by atoms with Gasteiger partial charge in [-0.25, -0.2) is 0 Å². The van der Waals surface area contributed by atoms with Gasteiger partial charge in [-0.2, -0.15) is 4.91 Å². The molecule has 1 N–H and O–H groups in total. The van der Waals surface area contributed by atoms with E-state index >= 15 is 0 Å². The SMILES string of the molecule is C=CC(CCO)N=O. The van der Waals surface area contributed by atoms with E-state index in [2.05, 4.69) is 11.8 Å². The average Bonchev–Trinajstić information content (AvgIpc) is 1.83. The zero-order valence-corrected chi connectivity index (χ0v) is 4.58. The Bertz CT molecular complexity index is 74.5. The average molecular weight is 115 g/mol. The Kier molecular flexibility index (Phi) is 4.07. The summed E-state index contributed by atoms with van der Waals surface area (Å²) in [5, 5.41) is 10.9. The lowest BCUT2D eigenvalue weighted by Gasteiger charge is -1.95. The summed E-state index contributed by atoms with van der Waals surface area (Å²) in [4.78, 5) is 9.69. The molecule has 0 bridgehead atoms. The standard InChI is InChI=1S/C5H9NO2/c1-2-5(6-8)3-4-7/h2,5,7H,1,3-4H2. The first-order valence-corrected chi connectivity index (χ1v) is 2.41. The highest BCUT2D eigenvalue weighted by atomic mass is 16.3. The summed E-state index contributed by atoms with van der Waals surface area (Å²) in [5.41, 5.74) is 0. The largest absolute Gasteiger partial charge is 0.396 e. The van der Waals surface area contributed by atoms with Crippen molar-refractivity contribution in [3.8, 4) is 0 Å². The fourth-order valence-corrected chi connectivity index (χ4v) is 0.346. The van der Waals surface area contributed by atoms with Crippen LogP contribution in [0, 0.1) is 4.91 Å². The van der Waals surface area contributed by atoms with Crippen molar-refractivity contribution >= 4 is 0 Å². The van der Waals surface area contributed by atoms with Crippen LogP contribution in [0.5, 0.6) is 0 Å². The number of aliphatic hydroxyl groups is 1. The molecule has 1 atom stereocenters. The van der Waals surface area contributed by atoms with Gasteiger partial charge >= 0.3 is 0 Å². The minimum atomic E-state index is -0.417. The van der Waals surface area contributed by atoms with E-state index in [1.54, 1.807) is 0 Å². The van der Waals surface area contributed by atoms with Gasteiger partial charge in [0.05, 0.1) is 0 Å². The van der Waals surface area contributed by atoms with E-state index in [1.165, 1.54) is 6.08 Å². The van der Waals surface area contributed by atoms with E-state index in [1.807, 2.05) is 0 Å². The lowest BCUT2D eigenvalue weighted by molar-refractivity contribution is 0.283. The molecule has 0 aliphatic rings. The van der Waals surface area contributed by atoms with Crippen LogP contribution in [0.15, 0.2) is 17.8 Å². The molecule has 1 unspecified atom stereocenters. The van der Waals surface area contributed by atoms with Crippen LogP contribution >= 0.6 is 0 Å². The van der Waals surface area contributed by atoms with Crippen LogP contribution in [0.25, 0.3) is 0 Å². The molecule has 0 fully saturated rings. The van der Waals surface area contributed by atoms with Gasteiger partial charge in [0.25, 0.3) is 0 Å². The molecular weight excluding hydrogens is 106 g/mol. The molecular formula is C5H9NO2. The molecule has 0 aliphatic carbocycles. The minimum Gasteiger partial charge on any atom is -0.396 e. The summed E-state index contributed by atoms with van der Waals surface area (Å²) in [6.07, 6.45) is 1.80. The van der Waals surface area contributed by atoms with Gasteiger partial charge in [0, 0.05) is 6.61 Å². The molecule has 3 nitrogen and oxygen atoms in total. The third-order valence-corrected chi connectivity index (χ3v) is 0.832. The Hall–Kier alpha value is -0.700. The van der Waals surface area contributed by atoms with Crippen LogP contribution in [0.1, 0.15) is 6.42 Å². The first kappa shape index (κ1) is 7.30. The van der Waals surface area contributed by atoms with Crippen molar-refractivity contribution in [2.45, 2.75) is 12.5 Å². The fourth-order valence-electron chi connectivity index (χ4n) is 0.346. The Balaban J connectivity index is 3.35. The van der Waals surface area contributed by atoms with Gasteiger partial charge in [-0.3, -0.25) is 0 Å². The van der Waals surface area contributed by atoms with Crippen molar-refractivity contribution in [1.29, 1.82) is 0 Å². The highest BCUT2D eigenvalue weighted by Gasteiger charge is 1.98. The van der Waals surface area contributed by atoms with E-state index in [9.17, 15) is 4.91 Å². The molecule has 0 aromatic carbocycles. The monoisotopic (exact) mass is 115 g/mol. The molecule has 0 aliphatic heterocycles. The topological polar surface area (TPSA) is 49.7 Å². The molecule has 0 aromatic heterocycles. The third kappa shape index (κ3) is 2.47. The zero-order valence-electron chi connectivity index (χ0n) is 4.58. The van der Waals surface area contributed by atoms with Crippen molar-refractivity contribution in [2.24, 2.45) is 5.18 Å². The van der Waals surface area contributed by atoms with Crippen molar-refractivity contribution in [3.63, 3.8) is 0 Å². The molecule has 0 saturated heterocycles. The van der Waals surface area contributed by atoms with Gasteiger partial charge in [-0.15, -0.1) is 6.58 Å². The first-order chi connectivity index (χ1) is 3.85. The third-order valence-electron chi connectivity index (χ3n) is 0.832. The molecule has 0 heterocycles. The van der Waals surface area contributed by atoms with E-state index in [-0.39, 0.29) is 6.61 Å². The second kappa shape index (κ2) is 4.46. The summed E-state index contributed by atoms with van der Waals surface area (Å²) in [5.74, 6) is 0. The first-order valence-electron chi connectivity index (χ1n) is 2.41. The number of hydrogen-bond acceptors (Lipinski definition) is 3. The van der Waals surface area contributed by atoms with Crippen molar-refractivity contribution in [2.75, 3.05) is 6.61 Å². The Labute approximate surface area is 48.0 Å². The molecule has 0 amide bonds. The smallest absolute Gasteiger partial charge is 0.112 e. The molecule has 0 radical (unpaired) electrons. The zero-order chi connectivity index (χ0) is 6.41. The van der Waals surface area contributed by atoms with E-state index in [4.69, 9.17) is 5.11 Å². The molecule has 0 aromatic rings. The molecule has 8 heavy (non-hydrogen) atoms. The van der Waals surface area contributed by atoms with Crippen molar-refractivity contribution in [3.05, 3.63) is 17.6 Å². The summed E-state index contributed by atoms with van der Waals surface area (Å²) >= 11 is 0. The van der Waals surface area contributed by atoms with Crippen LogP contribution in [-0.2, 0) is 0 Å². The Morgan fingerprint density at radius 3 is 2.62 bits per heavy atom. The maximum atomic E-state index is 9.69. The Morgan fingerprint density at radius 1 is 1.88 bits per heavy atom. The van der Waals surface area contributed by atoms with Crippen molar-refractivity contribution < 1.29 is 5.11 Å². The summed E-state index contributed by atoms with van der Waals surface area (Å²) in [7, 11) is 0. The maximum Gasteiger partial charge on any atom is 0.112 e. The second-order valence-corrected chi connectivity index (χ2v) is 1.42. The van der Waals surface area contributed by atoms with Crippen LogP contribution in [0.2, 0.25) is 0 Å². The number of hydrogen-bond donors (Lipinski definition) is 1. The van der Waals surface area contributed by atoms with Gasteiger partial charge in [-0.1, -0.05) is 11.3 Å². The molecule has 0 saturated carbocycles. The predicted molar refractivity (Wildman–Crippen MR) is 31.5 cm³/mol. The van der Waals surface area contributed by atoms with Crippen LogP contribution < -0.4 is 0 Å². The summed E-state index contributed by atoms with van der Waals surface area (Å²) < 4.78 is 0. The molecule has 0 rings (SSSR count). The lowest BCUT2D eigenvalue weighted by Crippen LogP contribution is -2.00. The maximum absolute atomic E-state index is 9.69. The summed E-state index contributed by atoms with van der Waals surface area (Å²) in [6.45, 7) is 3.33. The van der Waals surface area contributed by atoms with Crippen molar-refractivity contribution in [1.82, 2.24) is 0 Å². The number of nitrogens with zero attached hydrogens (tertiary/aromatic N) is 1. The fraction of sp³-hybridized carbons (Fsp3) is 0.600. The predicted octanol–water partition coefficient (Wildman–Crippen LogP) is 0.690. The quantitative estimate of drug-likeness (QED) is 0.433. The highest BCUT2D eigenvalue weighted by molar-refractivity contribution is 4.84. The van der Waals surface area contributed by atoms with E-state index < -0.39 is 6.04 Å². The van der Waals surface area contributed by atoms with Gasteiger partial charge in [0.15, 0.2) is 0 Å². The van der Waals surface area contributed by atoms with Crippen LogP contribution in [0.4, 0.5) is 0 Å². The van der Waals surface area contributed by atoms with Crippen LogP contribution in [-0.4, -0.2) is 17.8 Å². The second-order valence-electron chi connectivity index (χ2n) is 1.42. The molecule has 3 heteroatoms. The molecule has 46 valence electrons. The van der Waals surface area contributed by atoms with Gasteiger partial charge in [-0.05, 0) is 6.42 Å². The molecule has 0 spiro atoms.